The summed E-state index contributed by atoms with van der Waals surface area (Å²) in [4.78, 5) is 3.81. The van der Waals surface area contributed by atoms with Gasteiger partial charge in [0.05, 0.1) is 0 Å². The highest BCUT2D eigenvalue weighted by molar-refractivity contribution is 9.10. The zero-order chi connectivity index (χ0) is 14.7. The van der Waals surface area contributed by atoms with Crippen LogP contribution >= 0.6 is 15.9 Å². The lowest BCUT2D eigenvalue weighted by Gasteiger charge is -2.10. The number of nitrogens with one attached hydrogen (secondary N) is 1. The van der Waals surface area contributed by atoms with Gasteiger partial charge in [0.25, 0.3) is 0 Å². The molecule has 0 aliphatic carbocycles. The summed E-state index contributed by atoms with van der Waals surface area (Å²) in [6.07, 6.45) is 2.84. The predicted octanol–water partition coefficient (Wildman–Crippen LogP) is 3.78. The molecule has 1 heterocycles. The molecule has 0 spiro atoms. The van der Waals surface area contributed by atoms with E-state index < -0.39 is 0 Å². The van der Waals surface area contributed by atoms with Crippen molar-refractivity contribution in [2.24, 2.45) is 0 Å². The molecule has 3 aromatic rings. The van der Waals surface area contributed by atoms with Crippen molar-refractivity contribution < 1.29 is 4.39 Å². The van der Waals surface area contributed by atoms with Crippen LogP contribution < -0.4 is 5.32 Å². The van der Waals surface area contributed by atoms with Crippen LogP contribution in [0, 0.1) is 5.82 Å². The van der Waals surface area contributed by atoms with Gasteiger partial charge in [-0.25, -0.2) is 14.1 Å². The lowest BCUT2D eigenvalue weighted by Crippen LogP contribution is -2.03. The number of benzene rings is 2. The average molecular weight is 347 g/mol. The maximum atomic E-state index is 14.1. The molecule has 0 amide bonds. The van der Waals surface area contributed by atoms with Crippen LogP contribution in [0.15, 0.2) is 59.6 Å². The number of nitrogens with zero attached hydrogens (tertiary/aromatic N) is 3. The van der Waals surface area contributed by atoms with E-state index in [1.165, 1.54) is 23.4 Å². The second-order valence-electron chi connectivity index (χ2n) is 4.45. The highest BCUT2D eigenvalue weighted by atomic mass is 79.9. The SMILES string of the molecule is Fc1cc(NCc2ccccc2Br)ccc1-n1cncn1. The minimum absolute atomic E-state index is 0.349. The first kappa shape index (κ1) is 13.8. The molecule has 0 aliphatic rings. The van der Waals surface area contributed by atoms with E-state index in [4.69, 9.17) is 0 Å². The molecule has 106 valence electrons. The van der Waals surface area contributed by atoms with Crippen molar-refractivity contribution in [1.29, 1.82) is 0 Å². The Balaban J connectivity index is 1.76. The van der Waals surface area contributed by atoms with Gasteiger partial charge in [-0.2, -0.15) is 5.10 Å². The van der Waals surface area contributed by atoms with Gasteiger partial charge < -0.3 is 5.32 Å². The molecule has 0 fully saturated rings. The van der Waals surface area contributed by atoms with E-state index in [2.05, 4.69) is 31.3 Å². The number of hydrogen-bond donors (Lipinski definition) is 1. The fourth-order valence-electron chi connectivity index (χ4n) is 1.97. The lowest BCUT2D eigenvalue weighted by molar-refractivity contribution is 0.611. The Labute approximate surface area is 129 Å². The summed E-state index contributed by atoms with van der Waals surface area (Å²) in [7, 11) is 0. The molecule has 1 aromatic heterocycles. The molecule has 1 N–H and O–H groups in total. The standard InChI is InChI=1S/C15H12BrFN4/c16-13-4-2-1-3-11(13)8-19-12-5-6-15(14(17)7-12)21-10-18-9-20-21/h1-7,9-10,19H,8H2. The first-order valence-electron chi connectivity index (χ1n) is 6.36. The van der Waals surface area contributed by atoms with Gasteiger partial charge in [0.15, 0.2) is 5.82 Å². The molecule has 2 aromatic carbocycles. The second kappa shape index (κ2) is 6.05. The Morgan fingerprint density at radius 2 is 2.05 bits per heavy atom. The Morgan fingerprint density at radius 1 is 1.19 bits per heavy atom. The summed E-state index contributed by atoms with van der Waals surface area (Å²) in [5.74, 6) is -0.349. The zero-order valence-electron chi connectivity index (χ0n) is 11.0. The zero-order valence-corrected chi connectivity index (χ0v) is 12.6. The van der Waals surface area contributed by atoms with Crippen molar-refractivity contribution in [1.82, 2.24) is 14.8 Å². The van der Waals surface area contributed by atoms with Gasteiger partial charge >= 0.3 is 0 Å². The quantitative estimate of drug-likeness (QED) is 0.781. The van der Waals surface area contributed by atoms with Crippen LogP contribution in [0.1, 0.15) is 5.56 Å². The van der Waals surface area contributed by atoms with Crippen LogP contribution in [0.25, 0.3) is 5.69 Å². The fourth-order valence-corrected chi connectivity index (χ4v) is 2.40. The number of rotatable bonds is 4. The number of halogens is 2. The third-order valence-electron chi connectivity index (χ3n) is 3.05. The summed E-state index contributed by atoms with van der Waals surface area (Å²) in [5, 5.41) is 7.12. The van der Waals surface area contributed by atoms with Gasteiger partial charge in [0.1, 0.15) is 18.3 Å². The monoisotopic (exact) mass is 346 g/mol. The summed E-state index contributed by atoms with van der Waals surface area (Å²) in [6.45, 7) is 0.615. The topological polar surface area (TPSA) is 42.7 Å². The van der Waals surface area contributed by atoms with E-state index in [9.17, 15) is 4.39 Å². The van der Waals surface area contributed by atoms with Gasteiger partial charge in [-0.1, -0.05) is 34.1 Å². The Bertz CT molecular complexity index is 743. The fraction of sp³-hybridized carbons (Fsp3) is 0.0667. The lowest BCUT2D eigenvalue weighted by atomic mass is 10.2. The summed E-state index contributed by atoms with van der Waals surface area (Å²) >= 11 is 3.49. The van der Waals surface area contributed by atoms with Gasteiger partial charge in [0.2, 0.25) is 0 Å². The van der Waals surface area contributed by atoms with E-state index in [-0.39, 0.29) is 5.82 Å². The van der Waals surface area contributed by atoms with Gasteiger partial charge in [-0.15, -0.1) is 0 Å². The number of anilines is 1. The summed E-state index contributed by atoms with van der Waals surface area (Å²) < 4.78 is 16.5. The first-order valence-corrected chi connectivity index (χ1v) is 7.15. The van der Waals surface area contributed by atoms with Crippen LogP contribution in [0.2, 0.25) is 0 Å². The first-order chi connectivity index (χ1) is 10.2. The van der Waals surface area contributed by atoms with E-state index >= 15 is 0 Å². The molecule has 0 atom stereocenters. The van der Waals surface area contributed by atoms with Crippen LogP contribution in [0.4, 0.5) is 10.1 Å². The molecule has 0 bridgehead atoms. The van der Waals surface area contributed by atoms with E-state index in [0.29, 0.717) is 17.9 Å². The van der Waals surface area contributed by atoms with Crippen LogP contribution in [0.3, 0.4) is 0 Å². The van der Waals surface area contributed by atoms with Gasteiger partial charge in [-0.05, 0) is 29.8 Å². The molecule has 0 radical (unpaired) electrons. The van der Waals surface area contributed by atoms with E-state index in [0.717, 1.165) is 10.0 Å². The molecule has 0 saturated carbocycles. The summed E-state index contributed by atoms with van der Waals surface area (Å²) in [5.41, 5.74) is 2.20. The maximum Gasteiger partial charge on any atom is 0.150 e. The minimum atomic E-state index is -0.349. The Morgan fingerprint density at radius 3 is 2.76 bits per heavy atom. The maximum absolute atomic E-state index is 14.1. The van der Waals surface area contributed by atoms with Crippen molar-refractivity contribution in [3.05, 3.63) is 71.0 Å². The average Bonchev–Trinajstić information content (AvgIpc) is 3.00. The van der Waals surface area contributed by atoms with Crippen molar-refractivity contribution in [3.63, 3.8) is 0 Å². The summed E-state index contributed by atoms with van der Waals surface area (Å²) in [6, 6.07) is 12.9. The van der Waals surface area contributed by atoms with E-state index in [1.54, 1.807) is 6.07 Å². The van der Waals surface area contributed by atoms with Gasteiger partial charge in [0, 0.05) is 16.7 Å². The molecule has 4 nitrogen and oxygen atoms in total. The largest absolute Gasteiger partial charge is 0.381 e. The normalized spacial score (nSPS) is 10.6. The Hall–Kier alpha value is -2.21. The minimum Gasteiger partial charge on any atom is -0.381 e. The molecule has 21 heavy (non-hydrogen) atoms. The number of aromatic nitrogens is 3. The molecule has 3 rings (SSSR count). The molecule has 0 saturated heterocycles. The third-order valence-corrected chi connectivity index (χ3v) is 3.83. The smallest absolute Gasteiger partial charge is 0.150 e. The van der Waals surface area contributed by atoms with Crippen molar-refractivity contribution in [3.8, 4) is 5.69 Å². The molecule has 6 heteroatoms. The van der Waals surface area contributed by atoms with E-state index in [1.807, 2.05) is 30.3 Å². The van der Waals surface area contributed by atoms with Crippen LogP contribution in [0.5, 0.6) is 0 Å². The molecule has 0 aliphatic heterocycles. The molecule has 0 unspecified atom stereocenters. The van der Waals surface area contributed by atoms with Gasteiger partial charge in [-0.3, -0.25) is 0 Å². The highest BCUT2D eigenvalue weighted by Gasteiger charge is 2.06. The molecular formula is C15H12BrFN4. The van der Waals surface area contributed by atoms with Crippen LogP contribution in [-0.2, 0) is 6.54 Å². The predicted molar refractivity (Wildman–Crippen MR) is 82.8 cm³/mol. The van der Waals surface area contributed by atoms with Crippen molar-refractivity contribution in [2.45, 2.75) is 6.54 Å². The van der Waals surface area contributed by atoms with Crippen molar-refractivity contribution >= 4 is 21.6 Å². The highest BCUT2D eigenvalue weighted by Crippen LogP contribution is 2.20. The molecular weight excluding hydrogens is 335 g/mol. The number of hydrogen-bond acceptors (Lipinski definition) is 3. The third kappa shape index (κ3) is 3.11. The second-order valence-corrected chi connectivity index (χ2v) is 5.31. The Kier molecular flexibility index (Phi) is 3.96. The van der Waals surface area contributed by atoms with Crippen molar-refractivity contribution in [2.75, 3.05) is 5.32 Å². The van der Waals surface area contributed by atoms with Crippen LogP contribution in [-0.4, -0.2) is 14.8 Å².